The summed E-state index contributed by atoms with van der Waals surface area (Å²) < 4.78 is 67.4. The SMILES string of the molecule is CCCCCCCCCCCCc1ccc(S(=O)(=O)O)c(S(=O)(=O)O)c1-c1ccccc1. The monoisotopic (exact) mass is 482 g/mol. The average Bonchev–Trinajstić information content (AvgIpc) is 2.73. The third-order valence-electron chi connectivity index (χ3n) is 5.61. The second kappa shape index (κ2) is 12.5. The van der Waals surface area contributed by atoms with E-state index >= 15 is 0 Å². The Kier molecular flexibility index (Phi) is 10.3. The van der Waals surface area contributed by atoms with Gasteiger partial charge in [-0.2, -0.15) is 16.8 Å². The van der Waals surface area contributed by atoms with Crippen molar-refractivity contribution in [1.82, 2.24) is 0 Å². The molecule has 2 aromatic rings. The summed E-state index contributed by atoms with van der Waals surface area (Å²) in [5.74, 6) is 0. The van der Waals surface area contributed by atoms with Crippen LogP contribution in [0.2, 0.25) is 0 Å². The fraction of sp³-hybridized carbons (Fsp3) is 0.500. The Hall–Kier alpha value is -1.74. The molecule has 0 bridgehead atoms. The van der Waals surface area contributed by atoms with Crippen LogP contribution in [-0.4, -0.2) is 25.9 Å². The van der Waals surface area contributed by atoms with Crippen LogP contribution < -0.4 is 0 Å². The van der Waals surface area contributed by atoms with E-state index in [1.165, 1.54) is 44.6 Å². The Morgan fingerprint density at radius 1 is 0.656 bits per heavy atom. The number of unbranched alkanes of at least 4 members (excludes halogenated alkanes) is 9. The molecule has 6 nitrogen and oxygen atoms in total. The van der Waals surface area contributed by atoms with Gasteiger partial charge < -0.3 is 0 Å². The van der Waals surface area contributed by atoms with E-state index in [0.29, 0.717) is 17.5 Å². The van der Waals surface area contributed by atoms with Crippen LogP contribution >= 0.6 is 0 Å². The molecule has 8 heteroatoms. The zero-order valence-corrected chi connectivity index (χ0v) is 20.3. The quantitative estimate of drug-likeness (QED) is 0.241. The van der Waals surface area contributed by atoms with Gasteiger partial charge in [0.1, 0.15) is 9.79 Å². The number of hydrogen-bond donors (Lipinski definition) is 2. The van der Waals surface area contributed by atoms with Crippen molar-refractivity contribution in [3.05, 3.63) is 48.0 Å². The molecule has 0 aliphatic heterocycles. The summed E-state index contributed by atoms with van der Waals surface area (Å²) in [6.45, 7) is 2.21. The minimum Gasteiger partial charge on any atom is -0.282 e. The number of benzene rings is 2. The highest BCUT2D eigenvalue weighted by atomic mass is 32.2. The molecule has 178 valence electrons. The zero-order chi connectivity index (χ0) is 23.6. The maximum atomic E-state index is 12.2. The van der Waals surface area contributed by atoms with E-state index in [9.17, 15) is 25.9 Å². The highest BCUT2D eigenvalue weighted by Gasteiger charge is 2.29. The van der Waals surface area contributed by atoms with E-state index < -0.39 is 30.0 Å². The Morgan fingerprint density at radius 2 is 1.19 bits per heavy atom. The summed E-state index contributed by atoms with van der Waals surface area (Å²) in [4.78, 5) is -1.58. The molecule has 2 rings (SSSR count). The Morgan fingerprint density at radius 3 is 1.69 bits per heavy atom. The Labute approximate surface area is 192 Å². The van der Waals surface area contributed by atoms with Crippen LogP contribution in [0, 0.1) is 0 Å². The molecule has 0 aliphatic rings. The van der Waals surface area contributed by atoms with Gasteiger partial charge in [0.15, 0.2) is 0 Å². The predicted molar refractivity (Wildman–Crippen MR) is 127 cm³/mol. The lowest BCUT2D eigenvalue weighted by Gasteiger charge is -2.16. The molecule has 32 heavy (non-hydrogen) atoms. The third kappa shape index (κ3) is 7.99. The minimum absolute atomic E-state index is 0.124. The van der Waals surface area contributed by atoms with Gasteiger partial charge in [-0.15, -0.1) is 0 Å². The van der Waals surface area contributed by atoms with E-state index in [1.54, 1.807) is 30.3 Å². The fourth-order valence-electron chi connectivity index (χ4n) is 4.00. The Balaban J connectivity index is 2.18. The second-order valence-electron chi connectivity index (χ2n) is 8.18. The lowest BCUT2D eigenvalue weighted by molar-refractivity contribution is 0.466. The molecule has 0 saturated heterocycles. The molecule has 0 heterocycles. The standard InChI is InChI=1S/C24H34O6S2/c1-2-3-4-5-6-7-8-9-10-12-17-21-18-19-22(31(25,26)27)24(32(28,29)30)23(21)20-15-13-11-14-16-20/h11,13-16,18-19H,2-10,12,17H2,1H3,(H,25,26,27)(H,28,29,30). The average molecular weight is 483 g/mol. The summed E-state index contributed by atoms with van der Waals surface area (Å²) in [6.07, 6.45) is 12.2. The van der Waals surface area contributed by atoms with Gasteiger partial charge in [0, 0.05) is 5.56 Å². The molecule has 2 N–H and O–H groups in total. The lowest BCUT2D eigenvalue weighted by Crippen LogP contribution is -2.12. The summed E-state index contributed by atoms with van der Waals surface area (Å²) in [6, 6.07) is 11.0. The maximum absolute atomic E-state index is 12.2. The molecule has 0 atom stereocenters. The summed E-state index contributed by atoms with van der Waals surface area (Å²) >= 11 is 0. The van der Waals surface area contributed by atoms with Crippen molar-refractivity contribution in [3.8, 4) is 11.1 Å². The first kappa shape index (κ1) is 26.5. The van der Waals surface area contributed by atoms with Crippen molar-refractivity contribution in [2.75, 3.05) is 0 Å². The molecule has 0 fully saturated rings. The van der Waals surface area contributed by atoms with Gasteiger partial charge >= 0.3 is 0 Å². The molecular weight excluding hydrogens is 448 g/mol. The molecule has 0 aromatic heterocycles. The second-order valence-corrected chi connectivity index (χ2v) is 10.9. The molecule has 0 spiro atoms. The molecular formula is C24H34O6S2. The number of aryl methyl sites for hydroxylation is 1. The van der Waals surface area contributed by atoms with Crippen molar-refractivity contribution < 1.29 is 25.9 Å². The van der Waals surface area contributed by atoms with Gasteiger partial charge in [-0.25, -0.2) is 0 Å². The van der Waals surface area contributed by atoms with E-state index in [-0.39, 0.29) is 5.56 Å². The minimum atomic E-state index is -4.91. The first-order chi connectivity index (χ1) is 15.2. The van der Waals surface area contributed by atoms with Gasteiger partial charge in [-0.3, -0.25) is 9.11 Å². The first-order valence-electron chi connectivity index (χ1n) is 11.3. The Bertz CT molecular complexity index is 1060. The lowest BCUT2D eigenvalue weighted by atomic mass is 9.95. The van der Waals surface area contributed by atoms with Crippen LogP contribution in [0.1, 0.15) is 76.7 Å². The zero-order valence-electron chi connectivity index (χ0n) is 18.7. The van der Waals surface area contributed by atoms with Gasteiger partial charge in [-0.1, -0.05) is 101 Å². The van der Waals surface area contributed by atoms with Crippen molar-refractivity contribution in [1.29, 1.82) is 0 Å². The van der Waals surface area contributed by atoms with Crippen molar-refractivity contribution in [2.45, 2.75) is 87.3 Å². The fourth-order valence-corrected chi connectivity index (χ4v) is 6.03. The van der Waals surface area contributed by atoms with Crippen LogP contribution in [0.5, 0.6) is 0 Å². The van der Waals surface area contributed by atoms with Crippen LogP contribution in [0.4, 0.5) is 0 Å². The summed E-state index contributed by atoms with van der Waals surface area (Å²) in [7, 11) is -9.76. The maximum Gasteiger partial charge on any atom is 0.296 e. The normalized spacial score (nSPS) is 12.2. The van der Waals surface area contributed by atoms with Gasteiger partial charge in [0.05, 0.1) is 0 Å². The van der Waals surface area contributed by atoms with Crippen LogP contribution in [-0.2, 0) is 26.7 Å². The number of hydrogen-bond acceptors (Lipinski definition) is 4. The molecule has 2 aromatic carbocycles. The van der Waals surface area contributed by atoms with Crippen molar-refractivity contribution in [2.24, 2.45) is 0 Å². The van der Waals surface area contributed by atoms with E-state index in [1.807, 2.05) is 0 Å². The largest absolute Gasteiger partial charge is 0.296 e. The molecule has 0 radical (unpaired) electrons. The third-order valence-corrected chi connectivity index (χ3v) is 7.57. The smallest absolute Gasteiger partial charge is 0.282 e. The van der Waals surface area contributed by atoms with Gasteiger partial charge in [0.25, 0.3) is 20.2 Å². The highest BCUT2D eigenvalue weighted by molar-refractivity contribution is 7.89. The molecule has 0 aliphatic carbocycles. The van der Waals surface area contributed by atoms with Crippen LogP contribution in [0.25, 0.3) is 11.1 Å². The number of rotatable bonds is 14. The van der Waals surface area contributed by atoms with Crippen molar-refractivity contribution >= 4 is 20.2 Å². The van der Waals surface area contributed by atoms with E-state index in [4.69, 9.17) is 0 Å². The van der Waals surface area contributed by atoms with Gasteiger partial charge in [0.2, 0.25) is 0 Å². The van der Waals surface area contributed by atoms with Crippen molar-refractivity contribution in [3.63, 3.8) is 0 Å². The first-order valence-corrected chi connectivity index (χ1v) is 14.2. The molecule has 0 saturated carbocycles. The molecule has 0 unspecified atom stereocenters. The van der Waals surface area contributed by atoms with Crippen LogP contribution in [0.15, 0.2) is 52.3 Å². The topological polar surface area (TPSA) is 109 Å². The van der Waals surface area contributed by atoms with E-state index in [0.717, 1.165) is 31.7 Å². The van der Waals surface area contributed by atoms with Gasteiger partial charge in [-0.05, 0) is 30.0 Å². The predicted octanol–water partition coefficient (Wildman–Crippen LogP) is 6.31. The molecule has 0 amide bonds. The summed E-state index contributed by atoms with van der Waals surface area (Å²) in [5.41, 5.74) is 1.21. The summed E-state index contributed by atoms with van der Waals surface area (Å²) in [5, 5.41) is 0. The highest BCUT2D eigenvalue weighted by Crippen LogP contribution is 2.36. The van der Waals surface area contributed by atoms with E-state index in [2.05, 4.69) is 6.92 Å². The van der Waals surface area contributed by atoms with Crippen LogP contribution in [0.3, 0.4) is 0 Å².